The number of benzene rings is 2. The zero-order chi connectivity index (χ0) is 25.2. The van der Waals surface area contributed by atoms with Gasteiger partial charge in [0, 0.05) is 29.3 Å². The summed E-state index contributed by atoms with van der Waals surface area (Å²) in [5, 5.41) is 12.4. The van der Waals surface area contributed by atoms with Gasteiger partial charge < -0.3 is 14.8 Å². The minimum atomic E-state index is -0.350. The number of nitrogens with one attached hydrogen (secondary N) is 1. The monoisotopic (exact) mass is 486 g/mol. The Kier molecular flexibility index (Phi) is 6.07. The van der Waals surface area contributed by atoms with Crippen LogP contribution in [0.3, 0.4) is 0 Å². The van der Waals surface area contributed by atoms with Gasteiger partial charge in [-0.25, -0.2) is 18.7 Å². The number of amides is 1. The number of halogens is 1. The second kappa shape index (κ2) is 9.49. The first-order valence-electron chi connectivity index (χ1n) is 11.1. The van der Waals surface area contributed by atoms with Crippen LogP contribution in [0.25, 0.3) is 16.7 Å². The fraction of sp³-hybridized carbons (Fsp3) is 0.154. The van der Waals surface area contributed by atoms with Gasteiger partial charge in [-0.3, -0.25) is 4.79 Å². The first-order valence-corrected chi connectivity index (χ1v) is 11.1. The largest absolute Gasteiger partial charge is 0.497 e. The van der Waals surface area contributed by atoms with Crippen LogP contribution in [0.4, 0.5) is 10.2 Å². The molecule has 0 saturated carbocycles. The van der Waals surface area contributed by atoms with Gasteiger partial charge in [0.1, 0.15) is 23.1 Å². The Morgan fingerprint density at radius 2 is 1.83 bits per heavy atom. The van der Waals surface area contributed by atoms with E-state index in [-0.39, 0.29) is 11.7 Å². The van der Waals surface area contributed by atoms with E-state index in [1.54, 1.807) is 54.0 Å². The smallest absolute Gasteiger partial charge is 0.258 e. The van der Waals surface area contributed by atoms with Gasteiger partial charge in [-0.1, -0.05) is 0 Å². The number of aromatic nitrogens is 5. The zero-order valence-corrected chi connectivity index (χ0v) is 19.9. The van der Waals surface area contributed by atoms with Gasteiger partial charge in [0.25, 0.3) is 5.91 Å². The minimum absolute atomic E-state index is 0.349. The van der Waals surface area contributed by atoms with E-state index in [0.717, 1.165) is 10.9 Å². The first-order chi connectivity index (χ1) is 17.4. The third kappa shape index (κ3) is 4.48. The van der Waals surface area contributed by atoms with Crippen molar-refractivity contribution >= 4 is 22.8 Å². The zero-order valence-electron chi connectivity index (χ0n) is 19.9. The van der Waals surface area contributed by atoms with Gasteiger partial charge in [-0.2, -0.15) is 10.2 Å². The number of rotatable bonds is 7. The quantitative estimate of drug-likeness (QED) is 0.367. The Bertz CT molecular complexity index is 1560. The average molecular weight is 487 g/mol. The molecule has 1 amide bonds. The number of carbonyl (C=O) groups is 1. The average Bonchev–Trinajstić information content (AvgIpc) is 3.46. The maximum Gasteiger partial charge on any atom is 0.258 e. The molecule has 0 spiro atoms. The van der Waals surface area contributed by atoms with Crippen molar-refractivity contribution in [1.82, 2.24) is 24.5 Å². The van der Waals surface area contributed by atoms with Crippen molar-refractivity contribution in [3.8, 4) is 17.2 Å². The molecule has 1 N–H and O–H groups in total. The fourth-order valence-electron chi connectivity index (χ4n) is 3.91. The molecule has 5 rings (SSSR count). The molecule has 0 bridgehead atoms. The van der Waals surface area contributed by atoms with Crippen molar-refractivity contribution in [3.63, 3.8) is 0 Å². The first kappa shape index (κ1) is 23.0. The molecule has 0 aliphatic carbocycles. The molecule has 0 unspecified atom stereocenters. The molecule has 3 aromatic heterocycles. The Balaban J connectivity index is 1.38. The van der Waals surface area contributed by atoms with E-state index in [9.17, 15) is 9.18 Å². The number of pyridine rings is 1. The van der Waals surface area contributed by atoms with E-state index < -0.39 is 0 Å². The Hall–Kier alpha value is -4.73. The van der Waals surface area contributed by atoms with Crippen molar-refractivity contribution in [2.45, 2.75) is 13.5 Å². The summed E-state index contributed by atoms with van der Waals surface area (Å²) in [6, 6.07) is 14.9. The molecular formula is C26H23FN6O3. The molecule has 0 radical (unpaired) electrons. The van der Waals surface area contributed by atoms with Crippen LogP contribution in [0.5, 0.6) is 11.5 Å². The Morgan fingerprint density at radius 1 is 1.03 bits per heavy atom. The van der Waals surface area contributed by atoms with Crippen molar-refractivity contribution in [2.75, 3.05) is 19.5 Å². The van der Waals surface area contributed by atoms with Crippen molar-refractivity contribution < 1.29 is 18.7 Å². The number of anilines is 1. The molecule has 2 aromatic carbocycles. The molecule has 0 saturated heterocycles. The molecule has 5 aromatic rings. The fourth-order valence-corrected chi connectivity index (χ4v) is 3.91. The summed E-state index contributed by atoms with van der Waals surface area (Å²) in [6.07, 6.45) is 3.18. The third-order valence-corrected chi connectivity index (χ3v) is 5.70. The number of carbonyl (C=O) groups excluding carboxylic acids is 1. The standard InChI is InChI=1S/C26H23FN6O3/c1-16-10-24(33(31-16)21-7-5-20(27)6-8-21)30-26(34)19-11-18-14-29-32(25(18)28-13-19)15-17-4-9-22(35-2)12-23(17)36-3/h4-14H,15H2,1-3H3,(H,30,34). The van der Waals surface area contributed by atoms with Crippen LogP contribution >= 0.6 is 0 Å². The number of nitrogens with zero attached hydrogens (tertiary/aromatic N) is 5. The lowest BCUT2D eigenvalue weighted by molar-refractivity contribution is 0.102. The predicted molar refractivity (Wildman–Crippen MR) is 132 cm³/mol. The molecule has 3 heterocycles. The summed E-state index contributed by atoms with van der Waals surface area (Å²) in [5.41, 5.74) is 3.25. The normalized spacial score (nSPS) is 11.0. The van der Waals surface area contributed by atoms with Crippen molar-refractivity contribution in [1.29, 1.82) is 0 Å². The van der Waals surface area contributed by atoms with Crippen LogP contribution in [0.15, 0.2) is 67.0 Å². The highest BCUT2D eigenvalue weighted by Crippen LogP contribution is 2.26. The van der Waals surface area contributed by atoms with E-state index in [4.69, 9.17) is 9.47 Å². The van der Waals surface area contributed by atoms with Crippen LogP contribution in [-0.4, -0.2) is 44.7 Å². The van der Waals surface area contributed by atoms with Crippen LogP contribution in [0.2, 0.25) is 0 Å². The topological polar surface area (TPSA) is 96.1 Å². The highest BCUT2D eigenvalue weighted by molar-refractivity contribution is 6.05. The highest BCUT2D eigenvalue weighted by atomic mass is 19.1. The van der Waals surface area contributed by atoms with Crippen molar-refractivity contribution in [2.24, 2.45) is 0 Å². The molecule has 0 atom stereocenters. The van der Waals surface area contributed by atoms with Gasteiger partial charge in [0.05, 0.1) is 43.9 Å². The van der Waals surface area contributed by atoms with Gasteiger partial charge in [0.2, 0.25) is 0 Å². The minimum Gasteiger partial charge on any atom is -0.497 e. The van der Waals surface area contributed by atoms with E-state index >= 15 is 0 Å². The summed E-state index contributed by atoms with van der Waals surface area (Å²) in [6.45, 7) is 2.25. The molecule has 10 heteroatoms. The summed E-state index contributed by atoms with van der Waals surface area (Å²) in [4.78, 5) is 17.5. The Morgan fingerprint density at radius 3 is 2.58 bits per heavy atom. The van der Waals surface area contributed by atoms with E-state index in [0.29, 0.717) is 46.5 Å². The maximum atomic E-state index is 13.3. The summed E-state index contributed by atoms with van der Waals surface area (Å²) in [7, 11) is 3.21. The highest BCUT2D eigenvalue weighted by Gasteiger charge is 2.16. The van der Waals surface area contributed by atoms with Crippen LogP contribution < -0.4 is 14.8 Å². The van der Waals surface area contributed by atoms with E-state index in [1.165, 1.54) is 18.3 Å². The SMILES string of the molecule is COc1ccc(Cn2ncc3cc(C(=O)Nc4cc(C)nn4-c4ccc(F)cc4)cnc32)c(OC)c1. The molecule has 0 aliphatic heterocycles. The second-order valence-corrected chi connectivity index (χ2v) is 8.13. The molecule has 0 aliphatic rings. The Labute approximate surface area is 206 Å². The number of methoxy groups -OCH3 is 2. The second-order valence-electron chi connectivity index (χ2n) is 8.13. The molecule has 36 heavy (non-hydrogen) atoms. The molecule has 182 valence electrons. The van der Waals surface area contributed by atoms with E-state index in [1.807, 2.05) is 25.1 Å². The third-order valence-electron chi connectivity index (χ3n) is 5.70. The van der Waals surface area contributed by atoms with Crippen LogP contribution in [0.1, 0.15) is 21.6 Å². The number of hydrogen-bond acceptors (Lipinski definition) is 6. The van der Waals surface area contributed by atoms with Gasteiger partial charge >= 0.3 is 0 Å². The lowest BCUT2D eigenvalue weighted by atomic mass is 10.2. The number of ether oxygens (including phenoxy) is 2. The van der Waals surface area contributed by atoms with Gasteiger partial charge in [-0.15, -0.1) is 0 Å². The number of fused-ring (bicyclic) bond motifs is 1. The van der Waals surface area contributed by atoms with Gasteiger partial charge in [-0.05, 0) is 49.4 Å². The number of aryl methyl sites for hydroxylation is 1. The molecule has 9 nitrogen and oxygen atoms in total. The lowest BCUT2D eigenvalue weighted by Crippen LogP contribution is -2.15. The van der Waals surface area contributed by atoms with Crippen LogP contribution in [0, 0.1) is 12.7 Å². The molecule has 0 fully saturated rings. The van der Waals surface area contributed by atoms with E-state index in [2.05, 4.69) is 20.5 Å². The predicted octanol–water partition coefficient (Wildman–Crippen LogP) is 4.38. The lowest BCUT2D eigenvalue weighted by Gasteiger charge is -2.11. The van der Waals surface area contributed by atoms with Gasteiger partial charge in [0.15, 0.2) is 5.65 Å². The summed E-state index contributed by atoms with van der Waals surface area (Å²) in [5.74, 6) is 1.15. The molecular weight excluding hydrogens is 463 g/mol. The van der Waals surface area contributed by atoms with Crippen LogP contribution in [-0.2, 0) is 6.54 Å². The maximum absolute atomic E-state index is 13.3. The van der Waals surface area contributed by atoms with Crippen molar-refractivity contribution in [3.05, 3.63) is 89.6 Å². The summed E-state index contributed by atoms with van der Waals surface area (Å²) < 4.78 is 27.4. The number of hydrogen-bond donors (Lipinski definition) is 1. The summed E-state index contributed by atoms with van der Waals surface area (Å²) >= 11 is 0.